The quantitative estimate of drug-likeness (QED) is 0.513. The van der Waals surface area contributed by atoms with Crippen LogP contribution in [-0.2, 0) is 10.5 Å². The number of thioether (sulfide) groups is 1. The van der Waals surface area contributed by atoms with Crippen LogP contribution < -0.4 is 9.64 Å². The van der Waals surface area contributed by atoms with Crippen LogP contribution in [0.2, 0.25) is 0 Å². The van der Waals surface area contributed by atoms with E-state index in [2.05, 4.69) is 4.99 Å². The van der Waals surface area contributed by atoms with Gasteiger partial charge in [0.05, 0.1) is 12.8 Å². The molecule has 1 aliphatic rings. The van der Waals surface area contributed by atoms with Gasteiger partial charge >= 0.3 is 0 Å². The predicted molar refractivity (Wildman–Crippen MR) is 120 cm³/mol. The number of carbonyl (C=O) groups is 1. The zero-order valence-corrected chi connectivity index (χ0v) is 17.1. The Morgan fingerprint density at radius 2 is 1.70 bits per heavy atom. The van der Waals surface area contributed by atoms with E-state index in [0.717, 1.165) is 16.9 Å². The van der Waals surface area contributed by atoms with Gasteiger partial charge in [0.15, 0.2) is 5.17 Å². The average molecular weight is 418 g/mol. The monoisotopic (exact) mass is 418 g/mol. The van der Waals surface area contributed by atoms with Crippen LogP contribution in [0.3, 0.4) is 0 Å². The lowest BCUT2D eigenvalue weighted by Crippen LogP contribution is -2.30. The summed E-state index contributed by atoms with van der Waals surface area (Å²) in [5.41, 5.74) is 2.80. The van der Waals surface area contributed by atoms with Crippen molar-refractivity contribution in [3.8, 4) is 5.75 Å². The number of nitrogens with zero attached hydrogens (tertiary/aromatic N) is 2. The SMILES string of the molecule is COc1ccccc1CSC1=N/C(=C\c2ccccc2)C(=O)N1c1ccc(F)cc1. The maximum Gasteiger partial charge on any atom is 0.283 e. The molecule has 150 valence electrons. The van der Waals surface area contributed by atoms with Crippen molar-refractivity contribution in [1.29, 1.82) is 0 Å². The lowest BCUT2D eigenvalue weighted by atomic mass is 10.2. The number of para-hydroxylation sites is 1. The van der Waals surface area contributed by atoms with Crippen LogP contribution in [-0.4, -0.2) is 18.2 Å². The molecule has 1 amide bonds. The van der Waals surface area contributed by atoms with Gasteiger partial charge in [0, 0.05) is 11.3 Å². The third-order valence-electron chi connectivity index (χ3n) is 4.57. The van der Waals surface area contributed by atoms with Gasteiger partial charge in [0.2, 0.25) is 0 Å². The molecule has 30 heavy (non-hydrogen) atoms. The van der Waals surface area contributed by atoms with Crippen molar-refractivity contribution in [3.05, 3.63) is 102 Å². The standard InChI is InChI=1S/C24H19FN2O2S/c1-29-22-10-6-5-9-18(22)16-30-24-26-21(15-17-7-3-2-4-8-17)23(28)27(24)20-13-11-19(25)12-14-20/h2-15H,16H2,1H3/b21-15-. The van der Waals surface area contributed by atoms with E-state index in [4.69, 9.17) is 4.74 Å². The molecule has 1 aliphatic heterocycles. The molecule has 0 unspecified atom stereocenters. The lowest BCUT2D eigenvalue weighted by molar-refractivity contribution is -0.113. The molecule has 6 heteroatoms. The minimum atomic E-state index is -0.356. The Bertz CT molecular complexity index is 1110. The number of carbonyl (C=O) groups excluding carboxylic acids is 1. The van der Waals surface area contributed by atoms with Crippen LogP contribution in [0.15, 0.2) is 89.6 Å². The molecular weight excluding hydrogens is 399 g/mol. The highest BCUT2D eigenvalue weighted by Crippen LogP contribution is 2.32. The summed E-state index contributed by atoms with van der Waals surface area (Å²) in [6, 6.07) is 23.1. The predicted octanol–water partition coefficient (Wildman–Crippen LogP) is 5.51. The van der Waals surface area contributed by atoms with Gasteiger partial charge in [-0.2, -0.15) is 0 Å². The number of methoxy groups -OCH3 is 1. The van der Waals surface area contributed by atoms with Crippen molar-refractivity contribution in [2.45, 2.75) is 5.75 Å². The molecule has 0 bridgehead atoms. The van der Waals surface area contributed by atoms with Crippen molar-refractivity contribution in [3.63, 3.8) is 0 Å². The first-order valence-corrected chi connectivity index (χ1v) is 10.3. The maximum absolute atomic E-state index is 13.4. The van der Waals surface area contributed by atoms with Crippen molar-refractivity contribution in [1.82, 2.24) is 0 Å². The molecule has 4 rings (SSSR count). The number of aliphatic imine (C=N–C) groups is 1. The number of rotatable bonds is 5. The molecule has 4 nitrogen and oxygen atoms in total. The minimum absolute atomic E-state index is 0.243. The Morgan fingerprint density at radius 3 is 2.43 bits per heavy atom. The molecule has 0 N–H and O–H groups in total. The first-order valence-electron chi connectivity index (χ1n) is 9.36. The van der Waals surface area contributed by atoms with Gasteiger partial charge in [-0.1, -0.05) is 60.3 Å². The fourth-order valence-corrected chi connectivity index (χ4v) is 4.09. The highest BCUT2D eigenvalue weighted by molar-refractivity contribution is 8.13. The van der Waals surface area contributed by atoms with Crippen LogP contribution >= 0.6 is 11.8 Å². The van der Waals surface area contributed by atoms with Crippen LogP contribution in [0.1, 0.15) is 11.1 Å². The third kappa shape index (κ3) is 4.28. The molecule has 1 heterocycles. The van der Waals surface area contributed by atoms with Crippen LogP contribution in [0, 0.1) is 5.82 Å². The largest absolute Gasteiger partial charge is 0.496 e. The molecule has 0 aliphatic carbocycles. The highest BCUT2D eigenvalue weighted by atomic mass is 32.2. The Kier molecular flexibility index (Phi) is 5.95. The molecule has 0 aromatic heterocycles. The van der Waals surface area contributed by atoms with Gasteiger partial charge in [0.25, 0.3) is 5.91 Å². The number of hydrogen-bond donors (Lipinski definition) is 0. The molecule has 0 saturated carbocycles. The van der Waals surface area contributed by atoms with Gasteiger partial charge in [-0.15, -0.1) is 0 Å². The topological polar surface area (TPSA) is 41.9 Å². The second kappa shape index (κ2) is 8.97. The molecule has 3 aromatic rings. The number of amides is 1. The number of hydrogen-bond acceptors (Lipinski definition) is 4. The van der Waals surface area contributed by atoms with Crippen molar-refractivity contribution in [2.24, 2.45) is 4.99 Å². The third-order valence-corrected chi connectivity index (χ3v) is 5.55. The van der Waals surface area contributed by atoms with E-state index < -0.39 is 0 Å². The van der Waals surface area contributed by atoms with E-state index in [1.165, 1.54) is 28.8 Å². The number of amidine groups is 1. The smallest absolute Gasteiger partial charge is 0.283 e. The zero-order valence-electron chi connectivity index (χ0n) is 16.3. The highest BCUT2D eigenvalue weighted by Gasteiger charge is 2.32. The number of halogens is 1. The minimum Gasteiger partial charge on any atom is -0.496 e. The Labute approximate surface area is 178 Å². The molecule has 0 fully saturated rings. The Balaban J connectivity index is 1.67. The van der Waals surface area contributed by atoms with E-state index in [1.54, 1.807) is 25.3 Å². The summed E-state index contributed by atoms with van der Waals surface area (Å²) in [5.74, 6) is 0.758. The number of anilines is 1. The van der Waals surface area contributed by atoms with E-state index >= 15 is 0 Å². The summed E-state index contributed by atoms with van der Waals surface area (Å²) in [4.78, 5) is 19.3. The molecule has 0 radical (unpaired) electrons. The first-order chi connectivity index (χ1) is 14.7. The molecular formula is C24H19FN2O2S. The van der Waals surface area contributed by atoms with Gasteiger partial charge in [-0.3, -0.25) is 9.69 Å². The fraction of sp³-hybridized carbons (Fsp3) is 0.0833. The molecule has 0 spiro atoms. The summed E-state index contributed by atoms with van der Waals surface area (Å²) in [5, 5.41) is 0.541. The summed E-state index contributed by atoms with van der Waals surface area (Å²) in [6.45, 7) is 0. The van der Waals surface area contributed by atoms with E-state index in [1.807, 2.05) is 54.6 Å². The van der Waals surface area contributed by atoms with E-state index in [-0.39, 0.29) is 11.7 Å². The normalized spacial score (nSPS) is 14.9. The lowest BCUT2D eigenvalue weighted by Gasteiger charge is -2.18. The van der Waals surface area contributed by atoms with E-state index in [9.17, 15) is 9.18 Å². The van der Waals surface area contributed by atoms with E-state index in [0.29, 0.717) is 22.3 Å². The van der Waals surface area contributed by atoms with Crippen molar-refractivity contribution in [2.75, 3.05) is 12.0 Å². The van der Waals surface area contributed by atoms with Crippen LogP contribution in [0.25, 0.3) is 6.08 Å². The number of ether oxygens (including phenoxy) is 1. The Hall–Kier alpha value is -3.38. The maximum atomic E-state index is 13.4. The van der Waals surface area contributed by atoms with Gasteiger partial charge in [-0.25, -0.2) is 9.38 Å². The van der Waals surface area contributed by atoms with Gasteiger partial charge < -0.3 is 4.74 Å². The van der Waals surface area contributed by atoms with Crippen LogP contribution in [0.4, 0.5) is 10.1 Å². The Morgan fingerprint density at radius 1 is 1.00 bits per heavy atom. The fourth-order valence-electron chi connectivity index (χ4n) is 3.08. The van der Waals surface area contributed by atoms with Gasteiger partial charge in [0.1, 0.15) is 17.3 Å². The summed E-state index contributed by atoms with van der Waals surface area (Å²) in [6.07, 6.45) is 1.76. The first kappa shape index (κ1) is 19.9. The summed E-state index contributed by atoms with van der Waals surface area (Å²) < 4.78 is 18.8. The van der Waals surface area contributed by atoms with Crippen molar-refractivity contribution >= 4 is 34.6 Å². The van der Waals surface area contributed by atoms with Crippen LogP contribution in [0.5, 0.6) is 5.75 Å². The second-order valence-electron chi connectivity index (χ2n) is 6.55. The summed E-state index contributed by atoms with van der Waals surface area (Å²) >= 11 is 1.43. The van der Waals surface area contributed by atoms with Crippen molar-refractivity contribution < 1.29 is 13.9 Å². The molecule has 3 aromatic carbocycles. The van der Waals surface area contributed by atoms with Gasteiger partial charge in [-0.05, 0) is 42.0 Å². The number of benzene rings is 3. The molecule has 0 saturated heterocycles. The average Bonchev–Trinajstić information content (AvgIpc) is 3.09. The second-order valence-corrected chi connectivity index (χ2v) is 7.49. The summed E-state index contributed by atoms with van der Waals surface area (Å²) in [7, 11) is 1.63. The zero-order chi connectivity index (χ0) is 20.9. The molecule has 0 atom stereocenters.